The predicted octanol–water partition coefficient (Wildman–Crippen LogP) is 1.01. The Bertz CT molecular complexity index is 511. The Kier molecular flexibility index (Phi) is 3.46. The maximum absolute atomic E-state index is 13.5. The zero-order chi connectivity index (χ0) is 12.5. The molecule has 0 aromatic heterocycles. The number of aliphatic hydroxyl groups excluding tert-OH is 1. The van der Waals surface area contributed by atoms with E-state index >= 15 is 0 Å². The summed E-state index contributed by atoms with van der Waals surface area (Å²) in [7, 11) is -3.78. The summed E-state index contributed by atoms with van der Waals surface area (Å²) in [5.41, 5.74) is 0.351. The van der Waals surface area contributed by atoms with Crippen molar-refractivity contribution >= 4 is 10.0 Å². The first-order valence-corrected chi connectivity index (χ1v) is 6.90. The highest BCUT2D eigenvalue weighted by Crippen LogP contribution is 2.28. The Morgan fingerprint density at radius 2 is 2.12 bits per heavy atom. The van der Waals surface area contributed by atoms with Gasteiger partial charge in [-0.3, -0.25) is 0 Å². The summed E-state index contributed by atoms with van der Waals surface area (Å²) in [6, 6.07) is 3.61. The van der Waals surface area contributed by atoms with Gasteiger partial charge in [0.15, 0.2) is 0 Å². The molecule has 1 aliphatic carbocycles. The van der Waals surface area contributed by atoms with Crippen LogP contribution in [0.3, 0.4) is 0 Å². The molecule has 0 amide bonds. The predicted molar refractivity (Wildman–Crippen MR) is 60.2 cm³/mol. The smallest absolute Gasteiger partial charge is 0.243 e. The van der Waals surface area contributed by atoms with Gasteiger partial charge in [0.1, 0.15) is 10.7 Å². The maximum Gasteiger partial charge on any atom is 0.243 e. The fourth-order valence-corrected chi connectivity index (χ4v) is 2.66. The number of aliphatic hydroxyl groups is 1. The normalized spacial score (nSPS) is 16.1. The van der Waals surface area contributed by atoms with Gasteiger partial charge < -0.3 is 5.11 Å². The lowest BCUT2D eigenvalue weighted by molar-refractivity contribution is 0.281. The van der Waals surface area contributed by atoms with Crippen molar-refractivity contribution in [2.45, 2.75) is 24.3 Å². The standard InChI is InChI=1S/C11H14FNO3S/c12-10-5-9(7-14)3-4-11(10)17(15,16)13-6-8-1-2-8/h3-5,8,13-14H,1-2,6-7H2. The van der Waals surface area contributed by atoms with Crippen molar-refractivity contribution in [1.82, 2.24) is 4.72 Å². The van der Waals surface area contributed by atoms with Crippen LogP contribution in [-0.2, 0) is 16.6 Å². The Morgan fingerprint density at radius 1 is 1.41 bits per heavy atom. The van der Waals surface area contributed by atoms with E-state index in [0.717, 1.165) is 18.9 Å². The molecule has 1 aromatic carbocycles. The third-order valence-corrected chi connectivity index (χ3v) is 4.18. The largest absolute Gasteiger partial charge is 0.392 e. The molecule has 0 saturated heterocycles. The van der Waals surface area contributed by atoms with Crippen LogP contribution < -0.4 is 4.72 Å². The summed E-state index contributed by atoms with van der Waals surface area (Å²) >= 11 is 0. The molecule has 0 radical (unpaired) electrons. The van der Waals surface area contributed by atoms with Crippen molar-refractivity contribution in [3.63, 3.8) is 0 Å². The van der Waals surface area contributed by atoms with Gasteiger partial charge in [0.05, 0.1) is 6.61 Å². The van der Waals surface area contributed by atoms with E-state index in [4.69, 9.17) is 5.11 Å². The van der Waals surface area contributed by atoms with Crippen LogP contribution >= 0.6 is 0 Å². The van der Waals surface area contributed by atoms with Crippen molar-refractivity contribution < 1.29 is 17.9 Å². The first kappa shape index (κ1) is 12.5. The fraction of sp³-hybridized carbons (Fsp3) is 0.455. The van der Waals surface area contributed by atoms with Crippen LogP contribution in [0.2, 0.25) is 0 Å². The molecule has 1 aromatic rings. The van der Waals surface area contributed by atoms with Gasteiger partial charge >= 0.3 is 0 Å². The van der Waals surface area contributed by atoms with Crippen molar-refractivity contribution in [3.05, 3.63) is 29.6 Å². The van der Waals surface area contributed by atoms with Gasteiger partial charge in [0, 0.05) is 6.54 Å². The van der Waals surface area contributed by atoms with E-state index in [9.17, 15) is 12.8 Å². The van der Waals surface area contributed by atoms with Crippen molar-refractivity contribution in [3.8, 4) is 0 Å². The lowest BCUT2D eigenvalue weighted by Crippen LogP contribution is -2.26. The molecule has 1 aliphatic rings. The van der Waals surface area contributed by atoms with E-state index in [1.54, 1.807) is 0 Å². The summed E-state index contributed by atoms with van der Waals surface area (Å²) in [6.45, 7) is 0.0519. The Hall–Kier alpha value is -0.980. The van der Waals surface area contributed by atoms with E-state index in [1.165, 1.54) is 12.1 Å². The molecule has 1 saturated carbocycles. The average Bonchev–Trinajstić information content (AvgIpc) is 3.09. The zero-order valence-corrected chi connectivity index (χ0v) is 10.0. The average molecular weight is 259 g/mol. The summed E-state index contributed by atoms with van der Waals surface area (Å²) in [6.07, 6.45) is 2.04. The summed E-state index contributed by atoms with van der Waals surface area (Å²) in [5.74, 6) is -0.440. The minimum absolute atomic E-state index is 0.313. The quantitative estimate of drug-likeness (QED) is 0.829. The highest BCUT2D eigenvalue weighted by Gasteiger charge is 2.25. The van der Waals surface area contributed by atoms with Crippen molar-refractivity contribution in [2.24, 2.45) is 5.92 Å². The van der Waals surface area contributed by atoms with Gasteiger partial charge in [-0.15, -0.1) is 0 Å². The second-order valence-corrected chi connectivity index (χ2v) is 5.95. The highest BCUT2D eigenvalue weighted by molar-refractivity contribution is 7.89. The molecule has 0 spiro atoms. The molecule has 2 N–H and O–H groups in total. The lowest BCUT2D eigenvalue weighted by Gasteiger charge is -2.07. The fourth-order valence-electron chi connectivity index (χ4n) is 1.49. The number of nitrogens with one attached hydrogen (secondary N) is 1. The Balaban J connectivity index is 2.19. The van der Waals surface area contributed by atoms with Crippen LogP contribution in [0.5, 0.6) is 0 Å². The zero-order valence-electron chi connectivity index (χ0n) is 9.19. The third-order valence-electron chi connectivity index (χ3n) is 2.73. The minimum atomic E-state index is -3.78. The molecule has 2 rings (SSSR count). The second kappa shape index (κ2) is 4.72. The summed E-state index contributed by atoms with van der Waals surface area (Å²) in [5, 5.41) is 8.81. The molecule has 17 heavy (non-hydrogen) atoms. The molecule has 1 fully saturated rings. The molecule has 0 unspecified atom stereocenters. The van der Waals surface area contributed by atoms with Gasteiger partial charge in [-0.25, -0.2) is 17.5 Å². The van der Waals surface area contributed by atoms with Crippen LogP contribution in [0.25, 0.3) is 0 Å². The molecule has 0 atom stereocenters. The summed E-state index contributed by atoms with van der Waals surface area (Å²) in [4.78, 5) is -0.365. The molecular formula is C11H14FNO3S. The summed E-state index contributed by atoms with van der Waals surface area (Å²) < 4.78 is 39.5. The molecule has 0 heterocycles. The molecular weight excluding hydrogens is 245 g/mol. The number of hydrogen-bond acceptors (Lipinski definition) is 3. The van der Waals surface area contributed by atoms with Gasteiger partial charge in [-0.05, 0) is 36.5 Å². The molecule has 6 heteroatoms. The highest BCUT2D eigenvalue weighted by atomic mass is 32.2. The van der Waals surface area contributed by atoms with Crippen LogP contribution in [0, 0.1) is 11.7 Å². The molecule has 0 aliphatic heterocycles. The maximum atomic E-state index is 13.5. The van der Waals surface area contributed by atoms with E-state index in [0.29, 0.717) is 18.0 Å². The second-order valence-electron chi connectivity index (χ2n) is 4.22. The Morgan fingerprint density at radius 3 is 2.65 bits per heavy atom. The first-order chi connectivity index (χ1) is 8.03. The van der Waals surface area contributed by atoms with Crippen LogP contribution in [-0.4, -0.2) is 20.1 Å². The topological polar surface area (TPSA) is 66.4 Å². The SMILES string of the molecule is O=S(=O)(NCC1CC1)c1ccc(CO)cc1F. The van der Waals surface area contributed by atoms with Crippen LogP contribution in [0.4, 0.5) is 4.39 Å². The van der Waals surface area contributed by atoms with E-state index < -0.39 is 15.8 Å². The Labute approximate surface area is 99.5 Å². The van der Waals surface area contributed by atoms with Gasteiger partial charge in [-0.2, -0.15) is 0 Å². The number of sulfonamides is 1. The molecule has 4 nitrogen and oxygen atoms in total. The van der Waals surface area contributed by atoms with Gasteiger partial charge in [-0.1, -0.05) is 6.07 Å². The van der Waals surface area contributed by atoms with Gasteiger partial charge in [0.2, 0.25) is 10.0 Å². The van der Waals surface area contributed by atoms with Crippen LogP contribution in [0.1, 0.15) is 18.4 Å². The number of hydrogen-bond donors (Lipinski definition) is 2. The number of rotatable bonds is 5. The van der Waals surface area contributed by atoms with Gasteiger partial charge in [0.25, 0.3) is 0 Å². The van der Waals surface area contributed by atoms with Crippen molar-refractivity contribution in [2.75, 3.05) is 6.54 Å². The number of benzene rings is 1. The number of halogens is 1. The lowest BCUT2D eigenvalue weighted by atomic mass is 10.2. The monoisotopic (exact) mass is 259 g/mol. The van der Waals surface area contributed by atoms with E-state index in [-0.39, 0.29) is 11.5 Å². The molecule has 0 bridgehead atoms. The van der Waals surface area contributed by atoms with E-state index in [2.05, 4.69) is 4.72 Å². The van der Waals surface area contributed by atoms with E-state index in [1.807, 2.05) is 0 Å². The van der Waals surface area contributed by atoms with Crippen molar-refractivity contribution in [1.29, 1.82) is 0 Å². The molecule has 94 valence electrons. The minimum Gasteiger partial charge on any atom is -0.392 e. The van der Waals surface area contributed by atoms with Crippen LogP contribution in [0.15, 0.2) is 23.1 Å². The first-order valence-electron chi connectivity index (χ1n) is 5.42. The third kappa shape index (κ3) is 3.02.